The van der Waals surface area contributed by atoms with Crippen molar-refractivity contribution in [3.8, 4) is 5.75 Å². The van der Waals surface area contributed by atoms with Gasteiger partial charge >= 0.3 is 0 Å². The topological polar surface area (TPSA) is 29.5 Å². The maximum absolute atomic E-state index is 10.7. The van der Waals surface area contributed by atoms with Crippen molar-refractivity contribution in [1.29, 1.82) is 0 Å². The maximum atomic E-state index is 10.7. The summed E-state index contributed by atoms with van der Waals surface area (Å²) in [5, 5.41) is 10.7. The largest absolute Gasteiger partial charge is 0.492 e. The molecule has 0 spiro atoms. The Balaban J connectivity index is 1.81. The van der Waals surface area contributed by atoms with Crippen LogP contribution in [0.1, 0.15) is 63.7 Å². The number of hydrogen-bond donors (Lipinski definition) is 1. The molecule has 110 valence electrons. The number of rotatable bonds is 2. The highest BCUT2D eigenvalue weighted by molar-refractivity contribution is 5.45. The van der Waals surface area contributed by atoms with Crippen LogP contribution in [0.2, 0.25) is 0 Å². The lowest BCUT2D eigenvalue weighted by Gasteiger charge is -2.30. The smallest absolute Gasteiger partial charge is 0.123 e. The highest BCUT2D eigenvalue weighted by Gasteiger charge is 2.33. The van der Waals surface area contributed by atoms with E-state index in [-0.39, 0.29) is 11.5 Å². The molecule has 1 fully saturated rings. The highest BCUT2D eigenvalue weighted by Crippen LogP contribution is 2.42. The van der Waals surface area contributed by atoms with Crippen LogP contribution in [-0.2, 0) is 5.41 Å². The molecule has 1 atom stereocenters. The summed E-state index contributed by atoms with van der Waals surface area (Å²) in [5.41, 5.74) is 2.38. The van der Waals surface area contributed by atoms with E-state index >= 15 is 0 Å². The Labute approximate surface area is 122 Å². The van der Waals surface area contributed by atoms with E-state index in [2.05, 4.69) is 26.8 Å². The predicted octanol–water partition coefficient (Wildman–Crippen LogP) is 4.22. The van der Waals surface area contributed by atoms with E-state index in [0.29, 0.717) is 5.92 Å². The summed E-state index contributed by atoms with van der Waals surface area (Å²) in [6, 6.07) is 6.25. The molecule has 1 unspecified atom stereocenters. The van der Waals surface area contributed by atoms with E-state index in [1.165, 1.54) is 18.4 Å². The zero-order valence-electron chi connectivity index (χ0n) is 12.9. The summed E-state index contributed by atoms with van der Waals surface area (Å²) in [6.07, 6.45) is 4.49. The molecule has 1 saturated carbocycles. The maximum Gasteiger partial charge on any atom is 0.123 e. The first kappa shape index (κ1) is 13.9. The molecule has 0 radical (unpaired) electrons. The molecular weight excluding hydrogens is 248 g/mol. The van der Waals surface area contributed by atoms with Crippen molar-refractivity contribution >= 4 is 0 Å². The zero-order valence-corrected chi connectivity index (χ0v) is 12.9. The van der Waals surface area contributed by atoms with Gasteiger partial charge < -0.3 is 9.84 Å². The molecule has 1 N–H and O–H groups in total. The molecule has 1 aromatic rings. The second-order valence-corrected chi connectivity index (χ2v) is 7.39. The van der Waals surface area contributed by atoms with Gasteiger partial charge in [-0.25, -0.2) is 0 Å². The molecule has 0 bridgehead atoms. The molecule has 0 saturated heterocycles. The standard InChI is InChI=1S/C18H26O2/c1-12-4-6-13(7-5-12)17(19)14-8-9-16-15(10-14)18(2,3)11-20-16/h8-10,12-13,17,19H,4-7,11H2,1-3H3. The number of hydrogen-bond acceptors (Lipinski definition) is 2. The van der Waals surface area contributed by atoms with Crippen LogP contribution in [0.25, 0.3) is 0 Å². The second kappa shape index (κ2) is 5.07. The van der Waals surface area contributed by atoms with Crippen molar-refractivity contribution in [3.63, 3.8) is 0 Å². The average molecular weight is 274 g/mol. The first-order valence-corrected chi connectivity index (χ1v) is 7.92. The molecule has 2 aliphatic rings. The lowest BCUT2D eigenvalue weighted by Crippen LogP contribution is -2.21. The Kier molecular flexibility index (Phi) is 3.53. The average Bonchev–Trinajstić information content (AvgIpc) is 2.74. The summed E-state index contributed by atoms with van der Waals surface area (Å²) in [5.74, 6) is 2.24. The summed E-state index contributed by atoms with van der Waals surface area (Å²) in [6.45, 7) is 7.47. The third-order valence-electron chi connectivity index (χ3n) is 5.17. The Hall–Kier alpha value is -1.02. The fourth-order valence-corrected chi connectivity index (χ4v) is 3.60. The van der Waals surface area contributed by atoms with Crippen molar-refractivity contribution in [3.05, 3.63) is 29.3 Å². The van der Waals surface area contributed by atoms with Crippen LogP contribution in [0.3, 0.4) is 0 Å². The van der Waals surface area contributed by atoms with Gasteiger partial charge in [0.25, 0.3) is 0 Å². The Morgan fingerprint density at radius 3 is 2.60 bits per heavy atom. The van der Waals surface area contributed by atoms with Gasteiger partial charge in [-0.1, -0.05) is 39.7 Å². The quantitative estimate of drug-likeness (QED) is 0.875. The molecule has 1 heterocycles. The minimum atomic E-state index is -0.316. The molecule has 0 amide bonds. The summed E-state index contributed by atoms with van der Waals surface area (Å²) in [4.78, 5) is 0. The molecule has 2 heteroatoms. The van der Waals surface area contributed by atoms with E-state index < -0.39 is 0 Å². The first-order valence-electron chi connectivity index (χ1n) is 7.92. The summed E-state index contributed by atoms with van der Waals surface area (Å²) < 4.78 is 5.73. The van der Waals surface area contributed by atoms with Gasteiger partial charge in [0.2, 0.25) is 0 Å². The second-order valence-electron chi connectivity index (χ2n) is 7.39. The fourth-order valence-electron chi connectivity index (χ4n) is 3.60. The van der Waals surface area contributed by atoms with Crippen LogP contribution < -0.4 is 4.74 Å². The van der Waals surface area contributed by atoms with Crippen LogP contribution in [0.4, 0.5) is 0 Å². The Morgan fingerprint density at radius 1 is 1.20 bits per heavy atom. The zero-order chi connectivity index (χ0) is 14.3. The molecule has 2 nitrogen and oxygen atoms in total. The number of fused-ring (bicyclic) bond motifs is 1. The summed E-state index contributed by atoms with van der Waals surface area (Å²) >= 11 is 0. The van der Waals surface area contributed by atoms with Gasteiger partial charge in [0.15, 0.2) is 0 Å². The SMILES string of the molecule is CC1CCC(C(O)c2ccc3c(c2)C(C)(C)CO3)CC1. The van der Waals surface area contributed by atoms with Gasteiger partial charge in [0, 0.05) is 11.0 Å². The van der Waals surface area contributed by atoms with Crippen molar-refractivity contribution in [2.24, 2.45) is 11.8 Å². The number of ether oxygens (including phenoxy) is 1. The van der Waals surface area contributed by atoms with E-state index in [1.807, 2.05) is 12.1 Å². The molecule has 0 aromatic heterocycles. The fraction of sp³-hybridized carbons (Fsp3) is 0.667. The lowest BCUT2D eigenvalue weighted by molar-refractivity contribution is 0.0755. The van der Waals surface area contributed by atoms with Gasteiger partial charge in [-0.2, -0.15) is 0 Å². The first-order chi connectivity index (χ1) is 9.47. The Morgan fingerprint density at radius 2 is 1.90 bits per heavy atom. The number of benzene rings is 1. The molecule has 1 aliphatic heterocycles. The number of aliphatic hydroxyl groups excluding tert-OH is 1. The van der Waals surface area contributed by atoms with Gasteiger partial charge in [-0.05, 0) is 42.4 Å². The minimum Gasteiger partial charge on any atom is -0.492 e. The van der Waals surface area contributed by atoms with Crippen LogP contribution in [0.5, 0.6) is 5.75 Å². The van der Waals surface area contributed by atoms with Crippen LogP contribution in [0, 0.1) is 11.8 Å². The number of aliphatic hydroxyl groups is 1. The van der Waals surface area contributed by atoms with E-state index in [1.54, 1.807) is 0 Å². The summed E-state index contributed by atoms with van der Waals surface area (Å²) in [7, 11) is 0. The van der Waals surface area contributed by atoms with Gasteiger partial charge in [-0.15, -0.1) is 0 Å². The normalized spacial score (nSPS) is 29.6. The van der Waals surface area contributed by atoms with Crippen LogP contribution in [0.15, 0.2) is 18.2 Å². The Bertz CT molecular complexity index is 484. The van der Waals surface area contributed by atoms with E-state index in [0.717, 1.165) is 36.7 Å². The molecule has 1 aliphatic carbocycles. The third-order valence-corrected chi connectivity index (χ3v) is 5.17. The predicted molar refractivity (Wildman–Crippen MR) is 81.0 cm³/mol. The van der Waals surface area contributed by atoms with Crippen molar-refractivity contribution in [1.82, 2.24) is 0 Å². The minimum absolute atomic E-state index is 0.0616. The van der Waals surface area contributed by atoms with Crippen LogP contribution in [-0.4, -0.2) is 11.7 Å². The van der Waals surface area contributed by atoms with E-state index in [4.69, 9.17) is 4.74 Å². The van der Waals surface area contributed by atoms with Crippen molar-refractivity contribution in [2.45, 2.75) is 58.0 Å². The third kappa shape index (κ3) is 2.46. The lowest BCUT2D eigenvalue weighted by atomic mass is 9.77. The van der Waals surface area contributed by atoms with Crippen LogP contribution >= 0.6 is 0 Å². The van der Waals surface area contributed by atoms with Gasteiger partial charge in [0.1, 0.15) is 5.75 Å². The van der Waals surface area contributed by atoms with E-state index in [9.17, 15) is 5.11 Å². The van der Waals surface area contributed by atoms with Gasteiger partial charge in [-0.3, -0.25) is 0 Å². The molecule has 1 aromatic carbocycles. The molecule has 20 heavy (non-hydrogen) atoms. The monoisotopic (exact) mass is 274 g/mol. The van der Waals surface area contributed by atoms with Gasteiger partial charge in [0.05, 0.1) is 12.7 Å². The molecule has 3 rings (SSSR count). The van der Waals surface area contributed by atoms with Crippen molar-refractivity contribution in [2.75, 3.05) is 6.61 Å². The van der Waals surface area contributed by atoms with Crippen molar-refractivity contribution < 1.29 is 9.84 Å². The highest BCUT2D eigenvalue weighted by atomic mass is 16.5. The molecular formula is C18H26O2.